The molecule has 6 heteroatoms. The average molecular weight is 371 g/mol. The van der Waals surface area contributed by atoms with Crippen molar-refractivity contribution < 1.29 is 14.3 Å². The number of amides is 1. The fraction of sp³-hybridized carbons (Fsp3) is 0.947. The monoisotopic (exact) mass is 370 g/mol. The van der Waals surface area contributed by atoms with Crippen LogP contribution in [-0.4, -0.2) is 43.9 Å². The molecule has 0 aromatic rings. The van der Waals surface area contributed by atoms with Gasteiger partial charge in [-0.15, -0.1) is 0 Å². The average Bonchev–Trinajstić information content (AvgIpc) is 3.13. The number of carbonyl (C=O) groups is 1. The molecular formula is C19H38N2O3Si. The Kier molecular flexibility index (Phi) is 5.96. The van der Waals surface area contributed by atoms with Crippen LogP contribution in [0.3, 0.4) is 0 Å². The van der Waals surface area contributed by atoms with Crippen molar-refractivity contribution in [1.82, 2.24) is 10.6 Å². The number of alkyl carbamates (subject to hydrolysis) is 1. The molecule has 25 heavy (non-hydrogen) atoms. The second-order valence-corrected chi connectivity index (χ2v) is 14.8. The van der Waals surface area contributed by atoms with Gasteiger partial charge < -0.3 is 20.2 Å². The van der Waals surface area contributed by atoms with Gasteiger partial charge in [0.2, 0.25) is 0 Å². The maximum Gasteiger partial charge on any atom is 0.407 e. The van der Waals surface area contributed by atoms with E-state index in [1.54, 1.807) is 0 Å². The number of hydrogen-bond donors (Lipinski definition) is 3. The Bertz CT molecular complexity index is 482. The van der Waals surface area contributed by atoms with Crippen molar-refractivity contribution in [3.63, 3.8) is 0 Å². The van der Waals surface area contributed by atoms with Crippen LogP contribution in [0, 0.1) is 17.8 Å². The van der Waals surface area contributed by atoms with Crippen LogP contribution in [0.4, 0.5) is 4.79 Å². The first kappa shape index (κ1) is 20.7. The van der Waals surface area contributed by atoms with Gasteiger partial charge >= 0.3 is 6.09 Å². The third-order valence-corrected chi connectivity index (χ3v) is 10.5. The van der Waals surface area contributed by atoms with Gasteiger partial charge in [0.05, 0.1) is 0 Å². The van der Waals surface area contributed by atoms with E-state index >= 15 is 0 Å². The van der Waals surface area contributed by atoms with E-state index in [9.17, 15) is 9.59 Å². The zero-order chi connectivity index (χ0) is 19.0. The fourth-order valence-corrected chi connectivity index (χ4v) is 5.89. The first-order chi connectivity index (χ1) is 11.3. The van der Waals surface area contributed by atoms with E-state index in [1.165, 1.54) is 6.42 Å². The molecule has 146 valence electrons. The van der Waals surface area contributed by atoms with Crippen LogP contribution in [0.15, 0.2) is 0 Å². The molecule has 0 bridgehead atoms. The zero-order valence-electron chi connectivity index (χ0n) is 17.1. The van der Waals surface area contributed by atoms with Crippen molar-refractivity contribution in [3.05, 3.63) is 0 Å². The van der Waals surface area contributed by atoms with E-state index in [0.717, 1.165) is 25.6 Å². The Morgan fingerprint density at radius 1 is 1.20 bits per heavy atom. The Hall–Kier alpha value is -0.593. The van der Waals surface area contributed by atoms with Crippen LogP contribution < -0.4 is 10.6 Å². The van der Waals surface area contributed by atoms with Gasteiger partial charge in [-0.05, 0) is 75.5 Å². The lowest BCUT2D eigenvalue weighted by Gasteiger charge is -2.35. The molecule has 0 radical (unpaired) electrons. The molecule has 0 aromatic heterocycles. The summed E-state index contributed by atoms with van der Waals surface area (Å²) in [5.74, 6) is 1.94. The number of carbonyl (C=O) groups excluding carboxylic acids is 1. The number of nitrogens with one attached hydrogen (secondary N) is 2. The largest absolute Gasteiger partial charge is 0.444 e. The maximum absolute atomic E-state index is 12.0. The Morgan fingerprint density at radius 3 is 2.40 bits per heavy atom. The number of ether oxygens (including phenoxy) is 1. The molecule has 1 saturated carbocycles. The summed E-state index contributed by atoms with van der Waals surface area (Å²) in [6, 6.07) is 1.14. The van der Waals surface area contributed by atoms with E-state index < -0.39 is 13.9 Å². The molecule has 2 rings (SSSR count). The van der Waals surface area contributed by atoms with E-state index in [1.807, 2.05) is 20.8 Å². The lowest BCUT2D eigenvalue weighted by Crippen LogP contribution is -2.50. The van der Waals surface area contributed by atoms with Gasteiger partial charge in [0.1, 0.15) is 5.60 Å². The minimum absolute atomic E-state index is 0.0335. The molecule has 3 N–H and O–H groups in total. The Balaban J connectivity index is 1.82. The van der Waals surface area contributed by atoms with Gasteiger partial charge in [-0.1, -0.05) is 20.8 Å². The molecule has 2 aliphatic rings. The molecule has 2 fully saturated rings. The molecular weight excluding hydrogens is 332 g/mol. The highest BCUT2D eigenvalue weighted by atomic mass is 28.4. The summed E-state index contributed by atoms with van der Waals surface area (Å²) in [5.41, 5.74) is -0.462. The highest BCUT2D eigenvalue weighted by molar-refractivity contribution is 6.74. The predicted molar refractivity (Wildman–Crippen MR) is 104 cm³/mol. The van der Waals surface area contributed by atoms with E-state index in [0.29, 0.717) is 17.8 Å². The molecule has 0 aromatic carbocycles. The minimum Gasteiger partial charge on any atom is -0.444 e. The second kappa shape index (κ2) is 7.20. The van der Waals surface area contributed by atoms with Crippen LogP contribution in [0.5, 0.6) is 0 Å². The molecule has 1 aliphatic heterocycles. The molecule has 1 saturated heterocycles. The molecule has 5 nitrogen and oxygen atoms in total. The van der Waals surface area contributed by atoms with Crippen molar-refractivity contribution in [1.29, 1.82) is 0 Å². The van der Waals surface area contributed by atoms with Gasteiger partial charge in [0, 0.05) is 12.6 Å². The molecule has 1 amide bonds. The van der Waals surface area contributed by atoms with Gasteiger partial charge in [-0.3, -0.25) is 0 Å². The Morgan fingerprint density at radius 2 is 1.84 bits per heavy atom. The summed E-state index contributed by atoms with van der Waals surface area (Å²) in [6.07, 6.45) is 1.91. The summed E-state index contributed by atoms with van der Waals surface area (Å²) in [7, 11) is -2.19. The molecule has 1 heterocycles. The van der Waals surface area contributed by atoms with Gasteiger partial charge in [-0.25, -0.2) is 4.79 Å². The maximum atomic E-state index is 12.0. The third kappa shape index (κ3) is 5.96. The quantitative estimate of drug-likeness (QED) is 0.663. The van der Waals surface area contributed by atoms with Crippen LogP contribution in [0.2, 0.25) is 17.6 Å². The van der Waals surface area contributed by atoms with Gasteiger partial charge in [0.15, 0.2) is 8.32 Å². The van der Waals surface area contributed by atoms with Crippen LogP contribution in [-0.2, 0) is 4.74 Å². The van der Waals surface area contributed by atoms with Crippen LogP contribution >= 0.6 is 0 Å². The van der Waals surface area contributed by atoms with E-state index in [-0.39, 0.29) is 17.2 Å². The topological polar surface area (TPSA) is 70.6 Å². The van der Waals surface area contributed by atoms with Crippen molar-refractivity contribution in [3.8, 4) is 0 Å². The van der Waals surface area contributed by atoms with Crippen molar-refractivity contribution in [2.75, 3.05) is 13.1 Å². The highest BCUT2D eigenvalue weighted by Crippen LogP contribution is 2.53. The molecule has 5 unspecified atom stereocenters. The molecule has 0 spiro atoms. The molecule has 1 aliphatic carbocycles. The van der Waals surface area contributed by atoms with Gasteiger partial charge in [-0.2, -0.15) is 0 Å². The smallest absolute Gasteiger partial charge is 0.407 e. The number of hydrogen-bond acceptors (Lipinski definition) is 4. The predicted octanol–water partition coefficient (Wildman–Crippen LogP) is 3.49. The Labute approximate surface area is 154 Å². The van der Waals surface area contributed by atoms with E-state index in [4.69, 9.17) is 4.74 Å². The lowest BCUT2D eigenvalue weighted by atomic mass is 9.90. The van der Waals surface area contributed by atoms with Crippen molar-refractivity contribution in [2.24, 2.45) is 17.8 Å². The van der Waals surface area contributed by atoms with Crippen molar-refractivity contribution in [2.45, 2.75) is 83.7 Å². The number of rotatable bonds is 4. The van der Waals surface area contributed by atoms with Gasteiger partial charge in [0.25, 0.3) is 0 Å². The summed E-state index contributed by atoms with van der Waals surface area (Å²) in [6.45, 7) is 16.1. The van der Waals surface area contributed by atoms with E-state index in [2.05, 4.69) is 38.0 Å². The highest BCUT2D eigenvalue weighted by Gasteiger charge is 2.50. The first-order valence-electron chi connectivity index (χ1n) is 9.71. The summed E-state index contributed by atoms with van der Waals surface area (Å²) >= 11 is 0. The standard InChI is InChI=1S/C19H38N2O3Si/c1-18(2,3)24-17(22)21-15-8-13(10-20-11-15)16-9-14(16)12-25(7,23)19(4,5)6/h13-16,20,23H,8-12H2,1-7H3,(H,21,22). The van der Waals surface area contributed by atoms with Crippen molar-refractivity contribution >= 4 is 14.4 Å². The normalized spacial score (nSPS) is 32.6. The van der Waals surface area contributed by atoms with Crippen LogP contribution in [0.1, 0.15) is 54.4 Å². The SMILES string of the molecule is CC(C)(C)OC(=O)NC1CNCC(C2CC2C[Si](C)(O)C(C)(C)C)C1. The summed E-state index contributed by atoms with van der Waals surface area (Å²) < 4.78 is 5.37. The summed E-state index contributed by atoms with van der Waals surface area (Å²) in [5, 5.41) is 6.51. The molecule has 5 atom stereocenters. The third-order valence-electron chi connectivity index (χ3n) is 5.96. The number of piperidine rings is 1. The first-order valence-corrected chi connectivity index (χ1v) is 12.4. The lowest BCUT2D eigenvalue weighted by molar-refractivity contribution is 0.0487. The minimum atomic E-state index is -2.19. The fourth-order valence-electron chi connectivity index (χ4n) is 3.79. The second-order valence-electron chi connectivity index (χ2n) is 10.4. The van der Waals surface area contributed by atoms with Crippen LogP contribution in [0.25, 0.3) is 0 Å². The zero-order valence-corrected chi connectivity index (χ0v) is 18.1. The summed E-state index contributed by atoms with van der Waals surface area (Å²) in [4.78, 5) is 22.9.